The molecule has 0 atom stereocenters. The van der Waals surface area contributed by atoms with E-state index in [0.29, 0.717) is 19.1 Å². The maximum atomic E-state index is 6.30. The molecule has 0 amide bonds. The number of benzene rings is 2. The minimum Gasteiger partial charge on any atom is -0.488 e. The van der Waals surface area contributed by atoms with Gasteiger partial charge in [0, 0.05) is 28.4 Å². The quantitative estimate of drug-likeness (QED) is 0.433. The molecule has 0 radical (unpaired) electrons. The summed E-state index contributed by atoms with van der Waals surface area (Å²) in [6.07, 6.45) is 2.99. The first kappa shape index (κ1) is 22.4. The highest BCUT2D eigenvalue weighted by Crippen LogP contribution is 2.34. The van der Waals surface area contributed by atoms with Crippen LogP contribution in [0.15, 0.2) is 53.4 Å². The number of ether oxygens (including phenoxy) is 1. The van der Waals surface area contributed by atoms with E-state index in [-0.39, 0.29) is 0 Å². The summed E-state index contributed by atoms with van der Waals surface area (Å²) in [4.78, 5) is 6.11. The lowest BCUT2D eigenvalue weighted by molar-refractivity contribution is 0.298. The summed E-state index contributed by atoms with van der Waals surface area (Å²) >= 11 is 1.69. The second-order valence-electron chi connectivity index (χ2n) is 8.08. The van der Waals surface area contributed by atoms with Crippen LogP contribution in [0.3, 0.4) is 0 Å². The lowest BCUT2D eigenvalue weighted by atomic mass is 9.90. The van der Waals surface area contributed by atoms with Crippen molar-refractivity contribution in [1.29, 1.82) is 0 Å². The summed E-state index contributed by atoms with van der Waals surface area (Å²) in [6, 6.07) is 16.8. The van der Waals surface area contributed by atoms with E-state index in [1.165, 1.54) is 16.7 Å². The largest absolute Gasteiger partial charge is 0.488 e. The van der Waals surface area contributed by atoms with Crippen LogP contribution in [0.5, 0.6) is 5.75 Å². The highest BCUT2D eigenvalue weighted by Gasteiger charge is 2.20. The number of hydrogen-bond acceptors (Lipinski definition) is 4. The van der Waals surface area contributed by atoms with Gasteiger partial charge in [-0.25, -0.2) is 0 Å². The topological polar surface area (TPSA) is 48.1 Å². The molecule has 3 aromatic rings. The summed E-state index contributed by atoms with van der Waals surface area (Å²) in [7, 11) is 0. The first-order chi connectivity index (χ1) is 14.4. The Morgan fingerprint density at radius 3 is 2.33 bits per heavy atom. The fourth-order valence-corrected chi connectivity index (χ4v) is 4.30. The molecule has 158 valence electrons. The molecule has 0 saturated heterocycles. The molecule has 0 bridgehead atoms. The molecule has 0 fully saturated rings. The van der Waals surface area contributed by atoms with Crippen molar-refractivity contribution >= 4 is 11.8 Å². The first-order valence-electron chi connectivity index (χ1n) is 10.5. The smallest absolute Gasteiger partial charge is 0.133 e. The second-order valence-corrected chi connectivity index (χ2v) is 8.93. The molecule has 1 heterocycles. The van der Waals surface area contributed by atoms with Gasteiger partial charge in [-0.05, 0) is 61.3 Å². The predicted molar refractivity (Wildman–Crippen MR) is 128 cm³/mol. The molecule has 2 N–H and O–H groups in total. The van der Waals surface area contributed by atoms with Crippen molar-refractivity contribution in [3.05, 3.63) is 76.6 Å². The van der Waals surface area contributed by atoms with Crippen molar-refractivity contribution < 1.29 is 4.74 Å². The van der Waals surface area contributed by atoms with Crippen molar-refractivity contribution in [2.75, 3.05) is 6.26 Å². The molecule has 0 unspecified atom stereocenters. The molecule has 3 nitrogen and oxygen atoms in total. The van der Waals surface area contributed by atoms with E-state index < -0.39 is 0 Å². The molecule has 0 aliphatic carbocycles. The Hall–Kier alpha value is -2.30. The highest BCUT2D eigenvalue weighted by molar-refractivity contribution is 7.98. The number of hydrogen-bond donors (Lipinski definition) is 1. The number of rotatable bonds is 8. The monoisotopic (exact) mass is 420 g/mol. The van der Waals surface area contributed by atoms with Crippen LogP contribution in [0.1, 0.15) is 41.9 Å². The molecule has 2 aromatic carbocycles. The van der Waals surface area contributed by atoms with Crippen molar-refractivity contribution in [2.24, 2.45) is 11.7 Å². The molecule has 30 heavy (non-hydrogen) atoms. The summed E-state index contributed by atoms with van der Waals surface area (Å²) in [5.74, 6) is 1.42. The Bertz CT molecular complexity index is 997. The average Bonchev–Trinajstić information content (AvgIpc) is 2.73. The summed E-state index contributed by atoms with van der Waals surface area (Å²) in [6.45, 7) is 9.57. The van der Waals surface area contributed by atoms with E-state index in [4.69, 9.17) is 15.5 Å². The number of aromatic nitrogens is 1. The average molecular weight is 421 g/mol. The van der Waals surface area contributed by atoms with Crippen molar-refractivity contribution in [3.8, 4) is 16.9 Å². The van der Waals surface area contributed by atoms with Gasteiger partial charge in [0.1, 0.15) is 12.4 Å². The molecule has 0 saturated carbocycles. The molecular weight excluding hydrogens is 388 g/mol. The Kier molecular flexibility index (Phi) is 7.57. The standard InChI is InChI=1S/C26H32N2OS/c1-17(2)14-23-21(15-27)26(20-12-10-18(3)11-13-20)22(19(4)28-23)16-29-24-8-6-7-9-25(24)30-5/h6-13,17H,14-16,27H2,1-5H3. The van der Waals surface area contributed by atoms with Crippen LogP contribution >= 0.6 is 11.8 Å². The van der Waals surface area contributed by atoms with E-state index in [1.807, 2.05) is 18.2 Å². The molecular formula is C26H32N2OS. The van der Waals surface area contributed by atoms with Gasteiger partial charge in [0.15, 0.2) is 0 Å². The van der Waals surface area contributed by atoms with Gasteiger partial charge in [-0.3, -0.25) is 4.98 Å². The van der Waals surface area contributed by atoms with Crippen LogP contribution in [0.25, 0.3) is 11.1 Å². The minimum atomic E-state index is 0.465. The van der Waals surface area contributed by atoms with Crippen LogP contribution in [0.4, 0.5) is 0 Å². The number of pyridine rings is 1. The zero-order valence-corrected chi connectivity index (χ0v) is 19.5. The highest BCUT2D eigenvalue weighted by atomic mass is 32.2. The first-order valence-corrected chi connectivity index (χ1v) is 11.7. The fourth-order valence-electron chi connectivity index (χ4n) is 3.75. The van der Waals surface area contributed by atoms with E-state index in [1.54, 1.807) is 11.8 Å². The van der Waals surface area contributed by atoms with Crippen LogP contribution in [0.2, 0.25) is 0 Å². The lowest BCUT2D eigenvalue weighted by Gasteiger charge is -2.21. The Labute approximate surface area is 185 Å². The Morgan fingerprint density at radius 2 is 1.70 bits per heavy atom. The van der Waals surface area contributed by atoms with Crippen LogP contribution in [0, 0.1) is 19.8 Å². The SMILES string of the molecule is CSc1ccccc1OCc1c(C)nc(CC(C)C)c(CN)c1-c1ccc(C)cc1. The summed E-state index contributed by atoms with van der Waals surface area (Å²) in [5, 5.41) is 0. The normalized spacial score (nSPS) is 11.2. The number of nitrogens with two attached hydrogens (primary N) is 1. The van der Waals surface area contributed by atoms with Crippen LogP contribution < -0.4 is 10.5 Å². The lowest BCUT2D eigenvalue weighted by Crippen LogP contribution is -2.14. The van der Waals surface area contributed by atoms with Gasteiger partial charge in [0.05, 0.1) is 0 Å². The molecule has 0 aliphatic rings. The third-order valence-electron chi connectivity index (χ3n) is 5.28. The molecule has 4 heteroatoms. The predicted octanol–water partition coefficient (Wildman–Crippen LogP) is 6.32. The van der Waals surface area contributed by atoms with Gasteiger partial charge in [-0.1, -0.05) is 55.8 Å². The van der Waals surface area contributed by atoms with Gasteiger partial charge >= 0.3 is 0 Å². The van der Waals surface area contributed by atoms with Crippen molar-refractivity contribution in [2.45, 2.75) is 52.2 Å². The van der Waals surface area contributed by atoms with E-state index >= 15 is 0 Å². The van der Waals surface area contributed by atoms with E-state index in [0.717, 1.165) is 39.6 Å². The number of thioether (sulfide) groups is 1. The molecule has 1 aromatic heterocycles. The Balaban J connectivity index is 2.11. The van der Waals surface area contributed by atoms with Gasteiger partial charge in [0.25, 0.3) is 0 Å². The Morgan fingerprint density at radius 1 is 1.00 bits per heavy atom. The zero-order valence-electron chi connectivity index (χ0n) is 18.7. The zero-order chi connectivity index (χ0) is 21.7. The summed E-state index contributed by atoms with van der Waals surface area (Å²) in [5.41, 5.74) is 14.2. The van der Waals surface area contributed by atoms with Crippen molar-refractivity contribution in [1.82, 2.24) is 4.98 Å². The molecule has 0 spiro atoms. The van der Waals surface area contributed by atoms with Gasteiger partial charge in [0.2, 0.25) is 0 Å². The third kappa shape index (κ3) is 5.05. The number of aryl methyl sites for hydroxylation is 2. The fraction of sp³-hybridized carbons (Fsp3) is 0.346. The molecule has 3 rings (SSSR count). The maximum absolute atomic E-state index is 6.30. The van der Waals surface area contributed by atoms with E-state index in [2.05, 4.69) is 64.3 Å². The van der Waals surface area contributed by atoms with Crippen LogP contribution in [-0.2, 0) is 19.6 Å². The van der Waals surface area contributed by atoms with Crippen molar-refractivity contribution in [3.63, 3.8) is 0 Å². The van der Waals surface area contributed by atoms with Crippen LogP contribution in [-0.4, -0.2) is 11.2 Å². The molecule has 0 aliphatic heterocycles. The second kappa shape index (κ2) is 10.1. The maximum Gasteiger partial charge on any atom is 0.133 e. The van der Waals surface area contributed by atoms with Gasteiger partial charge in [-0.2, -0.15) is 0 Å². The van der Waals surface area contributed by atoms with E-state index in [9.17, 15) is 0 Å². The summed E-state index contributed by atoms with van der Waals surface area (Å²) < 4.78 is 6.30. The number of nitrogens with zero attached hydrogens (tertiary/aromatic N) is 1. The minimum absolute atomic E-state index is 0.465. The number of para-hydroxylation sites is 1. The van der Waals surface area contributed by atoms with Gasteiger partial charge < -0.3 is 10.5 Å². The van der Waals surface area contributed by atoms with Gasteiger partial charge in [-0.15, -0.1) is 11.8 Å². The third-order valence-corrected chi connectivity index (χ3v) is 6.06.